The first-order chi connectivity index (χ1) is 16.5. The van der Waals surface area contributed by atoms with Gasteiger partial charge in [0.1, 0.15) is 22.8 Å². The predicted octanol–water partition coefficient (Wildman–Crippen LogP) is 4.86. The molecule has 9 heteroatoms. The number of ether oxygens (including phenoxy) is 3. The van der Waals surface area contributed by atoms with Crippen molar-refractivity contribution >= 4 is 34.2 Å². The quantitative estimate of drug-likeness (QED) is 0.386. The Hall–Kier alpha value is -4.53. The molecule has 0 fully saturated rings. The maximum absolute atomic E-state index is 13.1. The van der Waals surface area contributed by atoms with E-state index in [-0.39, 0.29) is 18.1 Å². The Morgan fingerprint density at radius 1 is 0.912 bits per heavy atom. The number of furan rings is 1. The van der Waals surface area contributed by atoms with Gasteiger partial charge >= 0.3 is 0 Å². The number of anilines is 2. The average molecular weight is 464 g/mol. The van der Waals surface area contributed by atoms with Crippen molar-refractivity contribution in [2.45, 2.75) is 0 Å². The summed E-state index contributed by atoms with van der Waals surface area (Å²) in [5.41, 5.74) is 1.08. The largest absolute Gasteiger partial charge is 0.493 e. The van der Waals surface area contributed by atoms with Crippen LogP contribution >= 0.6 is 0 Å². The number of nitrogens with one attached hydrogen (secondary N) is 2. The van der Waals surface area contributed by atoms with Gasteiger partial charge in [-0.3, -0.25) is 9.59 Å². The fraction of sp³-hybridized carbons (Fsp3) is 0.120. The van der Waals surface area contributed by atoms with Crippen LogP contribution in [0.3, 0.4) is 0 Å². The van der Waals surface area contributed by atoms with Crippen molar-refractivity contribution < 1.29 is 32.6 Å². The molecule has 1 heterocycles. The van der Waals surface area contributed by atoms with Crippen molar-refractivity contribution in [3.63, 3.8) is 0 Å². The molecule has 0 radical (unpaired) electrons. The summed E-state index contributed by atoms with van der Waals surface area (Å²) in [6, 6.07) is 17.1. The number of carbonyl (C=O) groups excluding carboxylic acids is 2. The van der Waals surface area contributed by atoms with Gasteiger partial charge in [-0.15, -0.1) is 0 Å². The van der Waals surface area contributed by atoms with E-state index in [1.54, 1.807) is 42.5 Å². The highest BCUT2D eigenvalue weighted by Crippen LogP contribution is 2.33. The van der Waals surface area contributed by atoms with Crippen molar-refractivity contribution in [3.8, 4) is 17.2 Å². The molecule has 4 rings (SSSR count). The summed E-state index contributed by atoms with van der Waals surface area (Å²) in [7, 11) is 3.00. The van der Waals surface area contributed by atoms with Gasteiger partial charge in [0, 0.05) is 17.1 Å². The number of hydrogen-bond donors (Lipinski definition) is 2. The lowest BCUT2D eigenvalue weighted by molar-refractivity contribution is -0.118. The molecule has 4 aromatic rings. The highest BCUT2D eigenvalue weighted by Gasteiger charge is 2.23. The van der Waals surface area contributed by atoms with E-state index < -0.39 is 17.6 Å². The molecule has 0 bridgehead atoms. The van der Waals surface area contributed by atoms with Crippen LogP contribution in [0.25, 0.3) is 11.0 Å². The maximum atomic E-state index is 13.1. The zero-order valence-electron chi connectivity index (χ0n) is 18.4. The number of fused-ring (bicyclic) bond motifs is 1. The van der Waals surface area contributed by atoms with Crippen LogP contribution in [0.1, 0.15) is 10.6 Å². The molecule has 0 unspecified atom stereocenters. The normalized spacial score (nSPS) is 10.6. The Labute approximate surface area is 194 Å². The number of amides is 2. The van der Waals surface area contributed by atoms with Crippen LogP contribution in [-0.4, -0.2) is 32.6 Å². The first kappa shape index (κ1) is 22.7. The summed E-state index contributed by atoms with van der Waals surface area (Å²) >= 11 is 0. The maximum Gasteiger partial charge on any atom is 0.293 e. The fourth-order valence-corrected chi connectivity index (χ4v) is 3.29. The zero-order valence-corrected chi connectivity index (χ0v) is 18.4. The van der Waals surface area contributed by atoms with Gasteiger partial charge < -0.3 is 29.3 Å². The standard InChI is InChI=1S/C25H21FN2O6/c1-31-20-12-9-16(13-21(20)32-2)27-25(30)24-23(18-5-3-4-6-19(18)34-24)28-22(29)14-33-17-10-7-15(26)8-11-17/h3-13H,14H2,1-2H3,(H,27,30)(H,28,29). The van der Waals surface area contributed by atoms with E-state index in [2.05, 4.69) is 10.6 Å². The van der Waals surface area contributed by atoms with Crippen LogP contribution in [-0.2, 0) is 4.79 Å². The molecule has 174 valence electrons. The number of para-hydroxylation sites is 1. The summed E-state index contributed by atoms with van der Waals surface area (Å²) in [5.74, 6) is -0.290. The highest BCUT2D eigenvalue weighted by molar-refractivity contribution is 6.14. The Kier molecular flexibility index (Phi) is 6.63. The topological polar surface area (TPSA) is 99.0 Å². The minimum atomic E-state index is -0.571. The number of halogens is 1. The second-order valence-electron chi connectivity index (χ2n) is 7.12. The molecule has 0 atom stereocenters. The van der Waals surface area contributed by atoms with Crippen LogP contribution in [0.2, 0.25) is 0 Å². The third-order valence-corrected chi connectivity index (χ3v) is 4.89. The highest BCUT2D eigenvalue weighted by atomic mass is 19.1. The Morgan fingerprint density at radius 3 is 2.38 bits per heavy atom. The van der Waals surface area contributed by atoms with Gasteiger partial charge in [0.2, 0.25) is 5.76 Å². The number of methoxy groups -OCH3 is 2. The summed E-state index contributed by atoms with van der Waals surface area (Å²) in [5, 5.41) is 5.97. The molecule has 8 nitrogen and oxygen atoms in total. The zero-order chi connectivity index (χ0) is 24.1. The summed E-state index contributed by atoms with van der Waals surface area (Å²) in [4.78, 5) is 25.6. The predicted molar refractivity (Wildman–Crippen MR) is 124 cm³/mol. The van der Waals surface area contributed by atoms with E-state index >= 15 is 0 Å². The number of hydrogen-bond acceptors (Lipinski definition) is 6. The molecule has 0 aliphatic carbocycles. The summed E-state index contributed by atoms with van der Waals surface area (Å²) < 4.78 is 34.7. The van der Waals surface area contributed by atoms with Crippen LogP contribution in [0.5, 0.6) is 17.2 Å². The lowest BCUT2D eigenvalue weighted by Crippen LogP contribution is -2.22. The van der Waals surface area contributed by atoms with Crippen LogP contribution < -0.4 is 24.8 Å². The molecule has 2 N–H and O–H groups in total. The van der Waals surface area contributed by atoms with E-state index in [9.17, 15) is 14.0 Å². The van der Waals surface area contributed by atoms with Crippen molar-refractivity contribution in [2.24, 2.45) is 0 Å². The minimum absolute atomic E-state index is 0.0777. The van der Waals surface area contributed by atoms with Crippen LogP contribution in [0.4, 0.5) is 15.8 Å². The number of rotatable bonds is 8. The molecule has 0 spiro atoms. The van der Waals surface area contributed by atoms with Gasteiger partial charge in [-0.2, -0.15) is 0 Å². The van der Waals surface area contributed by atoms with Crippen molar-refractivity contribution in [1.29, 1.82) is 0 Å². The number of benzene rings is 3. The molecule has 3 aromatic carbocycles. The van der Waals surface area contributed by atoms with Gasteiger partial charge in [0.25, 0.3) is 11.8 Å². The summed E-state index contributed by atoms with van der Waals surface area (Å²) in [6.07, 6.45) is 0. The smallest absolute Gasteiger partial charge is 0.293 e. The molecule has 0 aliphatic rings. The Balaban J connectivity index is 1.55. The molecular weight excluding hydrogens is 443 g/mol. The summed E-state index contributed by atoms with van der Waals surface area (Å²) in [6.45, 7) is -0.345. The third kappa shape index (κ3) is 4.93. The minimum Gasteiger partial charge on any atom is -0.493 e. The van der Waals surface area contributed by atoms with E-state index in [4.69, 9.17) is 18.6 Å². The molecule has 2 amide bonds. The first-order valence-electron chi connectivity index (χ1n) is 10.2. The van der Waals surface area contributed by atoms with Crippen molar-refractivity contribution in [2.75, 3.05) is 31.5 Å². The van der Waals surface area contributed by atoms with Gasteiger partial charge in [-0.05, 0) is 48.5 Å². The lowest BCUT2D eigenvalue weighted by Gasteiger charge is -2.11. The molecule has 1 aromatic heterocycles. The molecular formula is C25H21FN2O6. The lowest BCUT2D eigenvalue weighted by atomic mass is 10.2. The van der Waals surface area contributed by atoms with Gasteiger partial charge in [0.15, 0.2) is 18.1 Å². The fourth-order valence-electron chi connectivity index (χ4n) is 3.29. The monoisotopic (exact) mass is 464 g/mol. The molecule has 34 heavy (non-hydrogen) atoms. The second kappa shape index (κ2) is 9.95. The second-order valence-corrected chi connectivity index (χ2v) is 7.12. The van der Waals surface area contributed by atoms with Crippen molar-refractivity contribution in [3.05, 3.63) is 78.3 Å². The van der Waals surface area contributed by atoms with Gasteiger partial charge in [0.05, 0.1) is 14.2 Å². The Bertz CT molecular complexity index is 1330. The first-order valence-corrected chi connectivity index (χ1v) is 10.2. The van der Waals surface area contributed by atoms with Crippen LogP contribution in [0.15, 0.2) is 71.1 Å². The molecule has 0 saturated carbocycles. The third-order valence-electron chi connectivity index (χ3n) is 4.89. The molecule has 0 saturated heterocycles. The molecule has 0 aliphatic heterocycles. The Morgan fingerprint density at radius 2 is 1.65 bits per heavy atom. The van der Waals surface area contributed by atoms with Crippen LogP contribution in [0, 0.1) is 5.82 Å². The average Bonchev–Trinajstić information content (AvgIpc) is 3.22. The SMILES string of the molecule is COc1ccc(NC(=O)c2oc3ccccc3c2NC(=O)COc2ccc(F)cc2)cc1OC. The van der Waals surface area contributed by atoms with Gasteiger partial charge in [-0.25, -0.2) is 4.39 Å². The van der Waals surface area contributed by atoms with E-state index in [1.165, 1.54) is 38.5 Å². The number of carbonyl (C=O) groups is 2. The van der Waals surface area contributed by atoms with E-state index in [0.717, 1.165) is 0 Å². The van der Waals surface area contributed by atoms with Crippen molar-refractivity contribution in [1.82, 2.24) is 0 Å². The van der Waals surface area contributed by atoms with E-state index in [0.29, 0.717) is 33.9 Å². The van der Waals surface area contributed by atoms with E-state index in [1.807, 2.05) is 0 Å². The van der Waals surface area contributed by atoms with Gasteiger partial charge in [-0.1, -0.05) is 12.1 Å².